The van der Waals surface area contributed by atoms with Crippen LogP contribution in [0.3, 0.4) is 0 Å². The number of anilines is 1. The number of benzene rings is 1. The van der Waals surface area contributed by atoms with Crippen molar-refractivity contribution in [3.63, 3.8) is 0 Å². The standard InChI is InChI=1S/C14H15ClFNO/c1-8-6-12(10(3)18-8)9(2)17-11-4-5-14(16)13(15)7-11/h4-7,9,17H,1-3H3. The van der Waals surface area contributed by atoms with Crippen molar-refractivity contribution in [2.75, 3.05) is 5.32 Å². The van der Waals surface area contributed by atoms with E-state index in [9.17, 15) is 4.39 Å². The average Bonchev–Trinajstić information content (AvgIpc) is 2.63. The molecule has 0 aliphatic rings. The maximum Gasteiger partial charge on any atom is 0.141 e. The zero-order valence-corrected chi connectivity index (χ0v) is 11.3. The van der Waals surface area contributed by atoms with Gasteiger partial charge in [-0.3, -0.25) is 0 Å². The van der Waals surface area contributed by atoms with Crippen LogP contribution in [0.25, 0.3) is 0 Å². The van der Waals surface area contributed by atoms with Gasteiger partial charge in [0, 0.05) is 11.3 Å². The van der Waals surface area contributed by atoms with Crippen molar-refractivity contribution in [1.29, 1.82) is 0 Å². The van der Waals surface area contributed by atoms with Gasteiger partial charge in [0.05, 0.1) is 11.1 Å². The fraction of sp³-hybridized carbons (Fsp3) is 0.286. The lowest BCUT2D eigenvalue weighted by Gasteiger charge is -2.15. The molecule has 1 aromatic carbocycles. The monoisotopic (exact) mass is 267 g/mol. The van der Waals surface area contributed by atoms with Crippen LogP contribution in [-0.2, 0) is 0 Å². The van der Waals surface area contributed by atoms with E-state index in [1.165, 1.54) is 6.07 Å². The van der Waals surface area contributed by atoms with Crippen molar-refractivity contribution in [3.05, 3.63) is 52.2 Å². The van der Waals surface area contributed by atoms with E-state index in [4.69, 9.17) is 16.0 Å². The molecule has 1 atom stereocenters. The lowest BCUT2D eigenvalue weighted by atomic mass is 10.1. The minimum absolute atomic E-state index is 0.0731. The second-order valence-corrected chi connectivity index (χ2v) is 4.77. The molecule has 0 radical (unpaired) electrons. The molecule has 0 bridgehead atoms. The molecule has 4 heteroatoms. The summed E-state index contributed by atoms with van der Waals surface area (Å²) in [6.45, 7) is 5.87. The smallest absolute Gasteiger partial charge is 0.141 e. The van der Waals surface area contributed by atoms with Crippen molar-refractivity contribution in [2.24, 2.45) is 0 Å². The molecule has 1 heterocycles. The summed E-state index contributed by atoms with van der Waals surface area (Å²) in [4.78, 5) is 0. The van der Waals surface area contributed by atoms with Crippen LogP contribution < -0.4 is 5.32 Å². The summed E-state index contributed by atoms with van der Waals surface area (Å²) in [5, 5.41) is 3.39. The summed E-state index contributed by atoms with van der Waals surface area (Å²) < 4.78 is 18.5. The Morgan fingerprint density at radius 1 is 1.28 bits per heavy atom. The first-order valence-electron chi connectivity index (χ1n) is 5.76. The molecule has 0 spiro atoms. The summed E-state index contributed by atoms with van der Waals surface area (Å²) in [7, 11) is 0. The predicted molar refractivity (Wildman–Crippen MR) is 71.6 cm³/mol. The Morgan fingerprint density at radius 2 is 2.00 bits per heavy atom. The minimum atomic E-state index is -0.412. The Bertz CT molecular complexity index is 565. The van der Waals surface area contributed by atoms with Gasteiger partial charge in [-0.05, 0) is 45.0 Å². The van der Waals surface area contributed by atoms with Crippen molar-refractivity contribution in [3.8, 4) is 0 Å². The zero-order chi connectivity index (χ0) is 13.3. The van der Waals surface area contributed by atoms with Crippen LogP contribution in [0.1, 0.15) is 30.0 Å². The van der Waals surface area contributed by atoms with Crippen molar-refractivity contribution in [1.82, 2.24) is 0 Å². The molecule has 0 fully saturated rings. The number of nitrogens with one attached hydrogen (secondary N) is 1. The molecular formula is C14H15ClFNO. The summed E-state index contributed by atoms with van der Waals surface area (Å²) in [6, 6.07) is 6.67. The number of aryl methyl sites for hydroxylation is 2. The van der Waals surface area contributed by atoms with E-state index in [1.54, 1.807) is 12.1 Å². The fourth-order valence-electron chi connectivity index (χ4n) is 1.99. The Kier molecular flexibility index (Phi) is 3.62. The SMILES string of the molecule is Cc1cc(C(C)Nc2ccc(F)c(Cl)c2)c(C)o1. The summed E-state index contributed by atoms with van der Waals surface area (Å²) >= 11 is 5.75. The fourth-order valence-corrected chi connectivity index (χ4v) is 2.17. The molecule has 2 rings (SSSR count). The van der Waals surface area contributed by atoms with Crippen LogP contribution in [0.15, 0.2) is 28.7 Å². The molecule has 1 aromatic heterocycles. The Hall–Kier alpha value is -1.48. The zero-order valence-electron chi connectivity index (χ0n) is 10.6. The highest BCUT2D eigenvalue weighted by Crippen LogP contribution is 2.26. The molecule has 1 N–H and O–H groups in total. The number of furan rings is 1. The number of hydrogen-bond donors (Lipinski definition) is 1. The topological polar surface area (TPSA) is 25.2 Å². The van der Waals surface area contributed by atoms with E-state index in [2.05, 4.69) is 5.32 Å². The number of hydrogen-bond acceptors (Lipinski definition) is 2. The minimum Gasteiger partial charge on any atom is -0.466 e. The summed E-state index contributed by atoms with van der Waals surface area (Å²) in [5.74, 6) is 1.36. The van der Waals surface area contributed by atoms with Crippen molar-refractivity contribution >= 4 is 17.3 Å². The van der Waals surface area contributed by atoms with Gasteiger partial charge in [-0.1, -0.05) is 11.6 Å². The largest absolute Gasteiger partial charge is 0.466 e. The maximum absolute atomic E-state index is 13.1. The summed E-state index contributed by atoms with van der Waals surface area (Å²) in [5.41, 5.74) is 1.88. The van der Waals surface area contributed by atoms with Gasteiger partial charge in [-0.15, -0.1) is 0 Å². The normalized spacial score (nSPS) is 12.5. The van der Waals surface area contributed by atoms with E-state index in [0.29, 0.717) is 0 Å². The van der Waals surface area contributed by atoms with Crippen LogP contribution in [0.5, 0.6) is 0 Å². The molecule has 2 aromatic rings. The van der Waals surface area contributed by atoms with E-state index < -0.39 is 5.82 Å². The third-order valence-electron chi connectivity index (χ3n) is 2.85. The van der Waals surface area contributed by atoms with E-state index >= 15 is 0 Å². The predicted octanol–water partition coefficient (Wildman–Crippen LogP) is 4.86. The third-order valence-corrected chi connectivity index (χ3v) is 3.14. The van der Waals surface area contributed by atoms with Crippen LogP contribution >= 0.6 is 11.6 Å². The average molecular weight is 268 g/mol. The highest BCUT2D eigenvalue weighted by molar-refractivity contribution is 6.31. The molecular weight excluding hydrogens is 253 g/mol. The molecule has 96 valence electrons. The van der Waals surface area contributed by atoms with Gasteiger partial charge in [-0.25, -0.2) is 4.39 Å². The number of rotatable bonds is 3. The second-order valence-electron chi connectivity index (χ2n) is 4.36. The molecule has 0 saturated heterocycles. The van der Waals surface area contributed by atoms with Gasteiger partial charge in [0.25, 0.3) is 0 Å². The van der Waals surface area contributed by atoms with Gasteiger partial charge in [0.15, 0.2) is 0 Å². The van der Waals surface area contributed by atoms with Crippen molar-refractivity contribution < 1.29 is 8.81 Å². The van der Waals surface area contributed by atoms with Gasteiger partial charge < -0.3 is 9.73 Å². The molecule has 0 aliphatic heterocycles. The van der Waals surface area contributed by atoms with Crippen LogP contribution in [-0.4, -0.2) is 0 Å². The Morgan fingerprint density at radius 3 is 2.56 bits per heavy atom. The van der Waals surface area contributed by atoms with E-state index in [1.807, 2.05) is 26.8 Å². The number of halogens is 2. The van der Waals surface area contributed by atoms with E-state index in [0.717, 1.165) is 22.8 Å². The molecule has 2 nitrogen and oxygen atoms in total. The summed E-state index contributed by atoms with van der Waals surface area (Å²) in [6.07, 6.45) is 0. The first kappa shape index (κ1) is 13.0. The molecule has 1 unspecified atom stereocenters. The first-order valence-corrected chi connectivity index (χ1v) is 6.13. The molecule has 0 aliphatic carbocycles. The molecule has 0 saturated carbocycles. The van der Waals surface area contributed by atoms with Gasteiger partial charge in [0.2, 0.25) is 0 Å². The van der Waals surface area contributed by atoms with Gasteiger partial charge in [-0.2, -0.15) is 0 Å². The molecule has 0 amide bonds. The quantitative estimate of drug-likeness (QED) is 0.859. The van der Waals surface area contributed by atoms with Crippen LogP contribution in [0.4, 0.5) is 10.1 Å². The third kappa shape index (κ3) is 2.67. The van der Waals surface area contributed by atoms with Crippen LogP contribution in [0, 0.1) is 19.7 Å². The maximum atomic E-state index is 13.1. The Balaban J connectivity index is 2.18. The molecule has 18 heavy (non-hydrogen) atoms. The second kappa shape index (κ2) is 5.02. The highest BCUT2D eigenvalue weighted by atomic mass is 35.5. The van der Waals surface area contributed by atoms with Gasteiger partial charge >= 0.3 is 0 Å². The lowest BCUT2D eigenvalue weighted by molar-refractivity contribution is 0.500. The van der Waals surface area contributed by atoms with E-state index in [-0.39, 0.29) is 11.1 Å². The van der Waals surface area contributed by atoms with Crippen LogP contribution in [0.2, 0.25) is 5.02 Å². The lowest BCUT2D eigenvalue weighted by Crippen LogP contribution is -2.06. The van der Waals surface area contributed by atoms with Gasteiger partial charge in [0.1, 0.15) is 17.3 Å². The Labute approximate surface area is 111 Å². The first-order chi connectivity index (χ1) is 8.47. The highest BCUT2D eigenvalue weighted by Gasteiger charge is 2.13. The van der Waals surface area contributed by atoms with Crippen molar-refractivity contribution in [2.45, 2.75) is 26.8 Å².